The SMILES string of the molecule is O=C(OCCO)N1CCN(c2cccc(Cl)c2)CC1. The number of aliphatic hydroxyl groups is 1. The molecule has 0 aromatic heterocycles. The van der Waals surface area contributed by atoms with E-state index in [9.17, 15) is 4.79 Å². The van der Waals surface area contributed by atoms with Crippen LogP contribution in [0.4, 0.5) is 10.5 Å². The molecule has 0 saturated carbocycles. The van der Waals surface area contributed by atoms with Crippen molar-refractivity contribution in [2.45, 2.75) is 0 Å². The molecule has 0 spiro atoms. The van der Waals surface area contributed by atoms with E-state index in [-0.39, 0.29) is 19.3 Å². The predicted octanol–water partition coefficient (Wildman–Crippen LogP) is 1.59. The Morgan fingerprint density at radius 2 is 2.05 bits per heavy atom. The van der Waals surface area contributed by atoms with Gasteiger partial charge in [0.2, 0.25) is 0 Å². The number of carbonyl (C=O) groups excluding carboxylic acids is 1. The van der Waals surface area contributed by atoms with Crippen molar-refractivity contribution in [3.8, 4) is 0 Å². The maximum absolute atomic E-state index is 11.6. The fourth-order valence-corrected chi connectivity index (χ4v) is 2.23. The van der Waals surface area contributed by atoms with Crippen molar-refractivity contribution in [2.24, 2.45) is 0 Å². The highest BCUT2D eigenvalue weighted by atomic mass is 35.5. The van der Waals surface area contributed by atoms with Crippen LogP contribution < -0.4 is 4.90 Å². The number of nitrogens with zero attached hydrogens (tertiary/aromatic N) is 2. The maximum Gasteiger partial charge on any atom is 0.409 e. The monoisotopic (exact) mass is 284 g/mol. The first kappa shape index (κ1) is 14.0. The Hall–Kier alpha value is -1.46. The summed E-state index contributed by atoms with van der Waals surface area (Å²) in [4.78, 5) is 15.4. The molecule has 104 valence electrons. The quantitative estimate of drug-likeness (QED) is 0.916. The van der Waals surface area contributed by atoms with Gasteiger partial charge in [-0.3, -0.25) is 0 Å². The lowest BCUT2D eigenvalue weighted by Gasteiger charge is -2.35. The Kier molecular flexibility index (Phi) is 4.87. The molecule has 0 aliphatic carbocycles. The van der Waals surface area contributed by atoms with E-state index in [0.29, 0.717) is 18.1 Å². The lowest BCUT2D eigenvalue weighted by atomic mass is 10.2. The fraction of sp³-hybridized carbons (Fsp3) is 0.462. The summed E-state index contributed by atoms with van der Waals surface area (Å²) < 4.78 is 4.89. The summed E-state index contributed by atoms with van der Waals surface area (Å²) in [6.07, 6.45) is -0.361. The van der Waals surface area contributed by atoms with Crippen molar-refractivity contribution in [3.05, 3.63) is 29.3 Å². The molecule has 1 heterocycles. The minimum absolute atomic E-state index is 0.0489. The van der Waals surface area contributed by atoms with Crippen molar-refractivity contribution in [2.75, 3.05) is 44.3 Å². The number of rotatable bonds is 3. The third-order valence-electron chi connectivity index (χ3n) is 3.03. The van der Waals surface area contributed by atoms with Crippen LogP contribution in [0.1, 0.15) is 0 Å². The molecule has 0 radical (unpaired) electrons. The number of anilines is 1. The van der Waals surface area contributed by atoms with Crippen molar-refractivity contribution in [1.29, 1.82) is 0 Å². The smallest absolute Gasteiger partial charge is 0.409 e. The molecule has 1 N–H and O–H groups in total. The summed E-state index contributed by atoms with van der Waals surface area (Å²) >= 11 is 5.97. The molecule has 0 atom stereocenters. The van der Waals surface area contributed by atoms with Gasteiger partial charge in [-0.2, -0.15) is 0 Å². The van der Waals surface area contributed by atoms with Gasteiger partial charge < -0.3 is 19.6 Å². The summed E-state index contributed by atoms with van der Waals surface area (Å²) in [5.41, 5.74) is 1.07. The van der Waals surface area contributed by atoms with Gasteiger partial charge >= 0.3 is 6.09 Å². The molecule has 1 aliphatic rings. The lowest BCUT2D eigenvalue weighted by molar-refractivity contribution is 0.0826. The minimum Gasteiger partial charge on any atom is -0.447 e. The molecule has 1 amide bonds. The zero-order valence-corrected chi connectivity index (χ0v) is 11.3. The third-order valence-corrected chi connectivity index (χ3v) is 3.26. The van der Waals surface area contributed by atoms with Crippen molar-refractivity contribution < 1.29 is 14.6 Å². The molecule has 6 heteroatoms. The van der Waals surface area contributed by atoms with Gasteiger partial charge in [-0.1, -0.05) is 17.7 Å². The van der Waals surface area contributed by atoms with Crippen LogP contribution in [0.2, 0.25) is 5.02 Å². The average molecular weight is 285 g/mol. The van der Waals surface area contributed by atoms with E-state index in [4.69, 9.17) is 21.4 Å². The van der Waals surface area contributed by atoms with Crippen LogP contribution in [-0.4, -0.2) is 55.5 Å². The highest BCUT2D eigenvalue weighted by Crippen LogP contribution is 2.20. The van der Waals surface area contributed by atoms with Gasteiger partial charge in [0.15, 0.2) is 0 Å². The van der Waals surface area contributed by atoms with Crippen molar-refractivity contribution in [3.63, 3.8) is 0 Å². The van der Waals surface area contributed by atoms with Gasteiger partial charge in [-0.25, -0.2) is 4.79 Å². The Balaban J connectivity index is 1.87. The van der Waals surface area contributed by atoms with E-state index in [0.717, 1.165) is 18.8 Å². The number of hydrogen-bond donors (Lipinski definition) is 1. The van der Waals surface area contributed by atoms with Gasteiger partial charge in [0.1, 0.15) is 6.61 Å². The molecule has 0 bridgehead atoms. The molecule has 1 fully saturated rings. The summed E-state index contributed by atoms with van der Waals surface area (Å²) in [6.45, 7) is 2.61. The summed E-state index contributed by atoms with van der Waals surface area (Å²) in [5, 5.41) is 9.32. The number of amides is 1. The molecular weight excluding hydrogens is 268 g/mol. The van der Waals surface area contributed by atoms with Crippen LogP contribution in [0.25, 0.3) is 0 Å². The number of aliphatic hydroxyl groups excluding tert-OH is 1. The van der Waals surface area contributed by atoms with Gasteiger partial charge in [0.25, 0.3) is 0 Å². The maximum atomic E-state index is 11.6. The van der Waals surface area contributed by atoms with Crippen LogP contribution in [0, 0.1) is 0 Å². The van der Waals surface area contributed by atoms with E-state index < -0.39 is 0 Å². The van der Waals surface area contributed by atoms with E-state index in [1.54, 1.807) is 4.90 Å². The zero-order chi connectivity index (χ0) is 13.7. The molecular formula is C13H17ClN2O3. The number of benzene rings is 1. The second-order valence-corrected chi connectivity index (χ2v) is 4.73. The first-order valence-corrected chi connectivity index (χ1v) is 6.61. The molecule has 1 saturated heterocycles. The number of hydrogen-bond acceptors (Lipinski definition) is 4. The lowest BCUT2D eigenvalue weighted by Crippen LogP contribution is -2.49. The van der Waals surface area contributed by atoms with E-state index in [1.807, 2.05) is 24.3 Å². The van der Waals surface area contributed by atoms with E-state index in [1.165, 1.54) is 0 Å². The Bertz CT molecular complexity index is 434. The minimum atomic E-state index is -0.361. The normalized spacial score (nSPS) is 15.5. The van der Waals surface area contributed by atoms with Crippen LogP contribution >= 0.6 is 11.6 Å². The number of ether oxygens (including phenoxy) is 1. The molecule has 0 unspecified atom stereocenters. The van der Waals surface area contributed by atoms with Gasteiger partial charge in [0.05, 0.1) is 6.61 Å². The Morgan fingerprint density at radius 3 is 2.68 bits per heavy atom. The third kappa shape index (κ3) is 3.75. The molecule has 2 rings (SSSR count). The molecule has 19 heavy (non-hydrogen) atoms. The van der Waals surface area contributed by atoms with Crippen LogP contribution in [0.5, 0.6) is 0 Å². The highest BCUT2D eigenvalue weighted by Gasteiger charge is 2.22. The first-order valence-electron chi connectivity index (χ1n) is 6.24. The molecule has 1 aliphatic heterocycles. The second kappa shape index (κ2) is 6.63. The van der Waals surface area contributed by atoms with Crippen molar-refractivity contribution >= 4 is 23.4 Å². The number of carbonyl (C=O) groups is 1. The number of halogens is 1. The first-order chi connectivity index (χ1) is 9.20. The van der Waals surface area contributed by atoms with E-state index >= 15 is 0 Å². The number of piperazine rings is 1. The molecule has 5 nitrogen and oxygen atoms in total. The summed E-state index contributed by atoms with van der Waals surface area (Å²) in [7, 11) is 0. The summed E-state index contributed by atoms with van der Waals surface area (Å²) in [6, 6.07) is 7.68. The molecule has 1 aromatic rings. The standard InChI is InChI=1S/C13H17ClN2O3/c14-11-2-1-3-12(10-11)15-4-6-16(7-5-15)13(18)19-9-8-17/h1-3,10,17H,4-9H2. The van der Waals surface area contributed by atoms with Gasteiger partial charge in [-0.05, 0) is 18.2 Å². The highest BCUT2D eigenvalue weighted by molar-refractivity contribution is 6.30. The van der Waals surface area contributed by atoms with Gasteiger partial charge in [-0.15, -0.1) is 0 Å². The zero-order valence-electron chi connectivity index (χ0n) is 10.6. The van der Waals surface area contributed by atoms with Crippen LogP contribution in [0.3, 0.4) is 0 Å². The Labute approximate surface area is 117 Å². The summed E-state index contributed by atoms with van der Waals surface area (Å²) in [5.74, 6) is 0. The largest absolute Gasteiger partial charge is 0.447 e. The topological polar surface area (TPSA) is 53.0 Å². The van der Waals surface area contributed by atoms with Crippen LogP contribution in [-0.2, 0) is 4.74 Å². The van der Waals surface area contributed by atoms with Crippen LogP contribution in [0.15, 0.2) is 24.3 Å². The van der Waals surface area contributed by atoms with Crippen molar-refractivity contribution in [1.82, 2.24) is 4.90 Å². The van der Waals surface area contributed by atoms with Gasteiger partial charge in [0, 0.05) is 36.9 Å². The average Bonchev–Trinajstić information content (AvgIpc) is 2.45. The predicted molar refractivity (Wildman–Crippen MR) is 73.7 cm³/mol. The second-order valence-electron chi connectivity index (χ2n) is 4.29. The Morgan fingerprint density at radius 1 is 1.32 bits per heavy atom. The van der Waals surface area contributed by atoms with E-state index in [2.05, 4.69) is 4.90 Å². The fourth-order valence-electron chi connectivity index (χ4n) is 2.04. The molecule has 1 aromatic carbocycles.